The zero-order valence-corrected chi connectivity index (χ0v) is 19.5. The van der Waals surface area contributed by atoms with E-state index in [0.717, 1.165) is 30.5 Å². The Bertz CT molecular complexity index is 698. The summed E-state index contributed by atoms with van der Waals surface area (Å²) in [6, 6.07) is 8.14. The number of nitrogens with zero attached hydrogens (tertiary/aromatic N) is 4. The van der Waals surface area contributed by atoms with Crippen LogP contribution >= 0.6 is 35.6 Å². The van der Waals surface area contributed by atoms with Crippen LogP contribution in [0.15, 0.2) is 41.7 Å². The molecule has 1 aromatic carbocycles. The fourth-order valence-electron chi connectivity index (χ4n) is 2.67. The van der Waals surface area contributed by atoms with E-state index in [1.54, 1.807) is 0 Å². The summed E-state index contributed by atoms with van der Waals surface area (Å²) in [5, 5.41) is 11.7. The molecule has 0 bridgehead atoms. The molecule has 1 heterocycles. The Hall–Kier alpha value is -1.32. The lowest BCUT2D eigenvalue weighted by atomic mass is 10.1. The second kappa shape index (κ2) is 12.2. The molecule has 0 spiro atoms. The van der Waals surface area contributed by atoms with E-state index in [-0.39, 0.29) is 30.0 Å². The molecule has 1 atom stereocenters. The van der Waals surface area contributed by atoms with Crippen LogP contribution in [0.2, 0.25) is 5.02 Å². The normalized spacial score (nSPS) is 12.6. The molecule has 150 valence electrons. The lowest BCUT2D eigenvalue weighted by Crippen LogP contribution is -2.39. The number of rotatable bonds is 8. The molecule has 6 nitrogen and oxygen atoms in total. The number of aromatic nitrogens is 2. The van der Waals surface area contributed by atoms with Gasteiger partial charge in [0.25, 0.3) is 0 Å². The highest BCUT2D eigenvalue weighted by molar-refractivity contribution is 14.0. The molecule has 0 aliphatic heterocycles. The Morgan fingerprint density at radius 2 is 1.96 bits per heavy atom. The van der Waals surface area contributed by atoms with Gasteiger partial charge in [0, 0.05) is 36.9 Å². The summed E-state index contributed by atoms with van der Waals surface area (Å²) in [4.78, 5) is 6.93. The first-order chi connectivity index (χ1) is 12.5. The zero-order valence-electron chi connectivity index (χ0n) is 16.4. The van der Waals surface area contributed by atoms with Gasteiger partial charge < -0.3 is 15.5 Å². The van der Waals surface area contributed by atoms with Gasteiger partial charge in [-0.15, -0.1) is 24.0 Å². The fraction of sp³-hybridized carbons (Fsp3) is 0.474. The van der Waals surface area contributed by atoms with Gasteiger partial charge in [-0.05, 0) is 45.1 Å². The Morgan fingerprint density at radius 3 is 2.52 bits per heavy atom. The van der Waals surface area contributed by atoms with Crippen molar-refractivity contribution in [3.05, 3.63) is 52.8 Å². The molecular formula is C19H30ClIN6. The Labute approximate surface area is 184 Å². The second-order valence-electron chi connectivity index (χ2n) is 6.45. The van der Waals surface area contributed by atoms with E-state index in [0.29, 0.717) is 6.54 Å². The molecule has 0 aliphatic rings. The van der Waals surface area contributed by atoms with Crippen molar-refractivity contribution < 1.29 is 0 Å². The topological polar surface area (TPSA) is 57.5 Å². The number of aryl methyl sites for hydroxylation is 1. The maximum absolute atomic E-state index is 5.93. The highest BCUT2D eigenvalue weighted by atomic mass is 127. The van der Waals surface area contributed by atoms with Crippen LogP contribution in [-0.2, 0) is 13.5 Å². The lowest BCUT2D eigenvalue weighted by molar-refractivity contribution is 0.306. The maximum Gasteiger partial charge on any atom is 0.191 e. The zero-order chi connectivity index (χ0) is 18.9. The number of nitrogens with one attached hydrogen (secondary N) is 2. The molecule has 2 rings (SSSR count). The average Bonchev–Trinajstić information content (AvgIpc) is 3.02. The van der Waals surface area contributed by atoms with Gasteiger partial charge in [-0.25, -0.2) is 0 Å². The summed E-state index contributed by atoms with van der Waals surface area (Å²) in [5.41, 5.74) is 2.41. The number of aliphatic imine (C=N–C) groups is 1. The highest BCUT2D eigenvalue weighted by Gasteiger charge is 2.15. The van der Waals surface area contributed by atoms with Crippen LogP contribution in [0, 0.1) is 0 Å². The summed E-state index contributed by atoms with van der Waals surface area (Å²) < 4.78 is 1.82. The van der Waals surface area contributed by atoms with Crippen LogP contribution in [0.4, 0.5) is 0 Å². The molecule has 0 fully saturated rings. The van der Waals surface area contributed by atoms with Crippen molar-refractivity contribution >= 4 is 41.5 Å². The summed E-state index contributed by atoms with van der Waals surface area (Å²) in [6.45, 7) is 4.37. The quantitative estimate of drug-likeness (QED) is 0.330. The predicted octanol–water partition coefficient (Wildman–Crippen LogP) is 3.09. The molecule has 0 aliphatic carbocycles. The summed E-state index contributed by atoms with van der Waals surface area (Å²) >= 11 is 5.93. The van der Waals surface area contributed by atoms with Crippen molar-refractivity contribution in [1.82, 2.24) is 25.3 Å². The first-order valence-electron chi connectivity index (χ1n) is 8.91. The van der Waals surface area contributed by atoms with Gasteiger partial charge >= 0.3 is 0 Å². The van der Waals surface area contributed by atoms with E-state index < -0.39 is 0 Å². The average molecular weight is 505 g/mol. The first kappa shape index (κ1) is 23.7. The van der Waals surface area contributed by atoms with E-state index in [1.165, 1.54) is 11.1 Å². The van der Waals surface area contributed by atoms with Crippen LogP contribution in [0.1, 0.15) is 24.1 Å². The van der Waals surface area contributed by atoms with Crippen LogP contribution in [0.5, 0.6) is 0 Å². The molecule has 0 saturated carbocycles. The minimum Gasteiger partial charge on any atom is -0.357 e. The lowest BCUT2D eigenvalue weighted by Gasteiger charge is -2.22. The predicted molar refractivity (Wildman–Crippen MR) is 124 cm³/mol. The number of hydrogen-bond donors (Lipinski definition) is 2. The fourth-order valence-corrected chi connectivity index (χ4v) is 2.80. The minimum atomic E-state index is 0. The SMILES string of the molecule is CCNC(=NCC(c1cnn(C)c1)N(C)C)NCCc1ccc(Cl)cc1.I. The third-order valence-electron chi connectivity index (χ3n) is 4.12. The van der Waals surface area contributed by atoms with Gasteiger partial charge in [0.05, 0.1) is 18.8 Å². The van der Waals surface area contributed by atoms with Gasteiger partial charge in [0.1, 0.15) is 0 Å². The standard InChI is InChI=1S/C19H29ClN6.HI/c1-5-21-19(22-11-10-15-6-8-17(20)9-7-15)23-13-18(25(2)3)16-12-24-26(4)14-16;/h6-9,12,14,18H,5,10-11,13H2,1-4H3,(H2,21,22,23);1H. The number of halogens is 2. The first-order valence-corrected chi connectivity index (χ1v) is 9.29. The molecule has 1 aromatic heterocycles. The summed E-state index contributed by atoms with van der Waals surface area (Å²) in [7, 11) is 6.06. The number of benzene rings is 1. The Kier molecular flexibility index (Phi) is 10.7. The molecule has 1 unspecified atom stereocenters. The van der Waals surface area contributed by atoms with Crippen molar-refractivity contribution in [3.8, 4) is 0 Å². The van der Waals surface area contributed by atoms with E-state index in [9.17, 15) is 0 Å². The molecule has 2 aromatic rings. The summed E-state index contributed by atoms with van der Waals surface area (Å²) in [5.74, 6) is 0.831. The summed E-state index contributed by atoms with van der Waals surface area (Å²) in [6.07, 6.45) is 4.86. The highest BCUT2D eigenvalue weighted by Crippen LogP contribution is 2.17. The largest absolute Gasteiger partial charge is 0.357 e. The van der Waals surface area contributed by atoms with E-state index in [4.69, 9.17) is 16.6 Å². The van der Waals surface area contributed by atoms with Crippen molar-refractivity contribution in [3.63, 3.8) is 0 Å². The molecule has 27 heavy (non-hydrogen) atoms. The van der Waals surface area contributed by atoms with Crippen molar-refractivity contribution in [1.29, 1.82) is 0 Å². The van der Waals surface area contributed by atoms with E-state index in [2.05, 4.69) is 53.8 Å². The van der Waals surface area contributed by atoms with Crippen LogP contribution < -0.4 is 10.6 Å². The molecular weight excluding hydrogens is 475 g/mol. The number of guanidine groups is 1. The van der Waals surface area contributed by atoms with Crippen molar-refractivity contribution in [2.75, 3.05) is 33.7 Å². The molecule has 0 saturated heterocycles. The van der Waals surface area contributed by atoms with E-state index in [1.807, 2.05) is 36.3 Å². The van der Waals surface area contributed by atoms with Gasteiger partial charge in [0.2, 0.25) is 0 Å². The Balaban J connectivity index is 0.00000364. The maximum atomic E-state index is 5.93. The van der Waals surface area contributed by atoms with E-state index >= 15 is 0 Å². The molecule has 0 radical (unpaired) electrons. The van der Waals surface area contributed by atoms with Gasteiger partial charge in [-0.2, -0.15) is 5.10 Å². The molecule has 8 heteroatoms. The molecule has 0 amide bonds. The van der Waals surface area contributed by atoms with Crippen LogP contribution in [0.25, 0.3) is 0 Å². The van der Waals surface area contributed by atoms with Crippen LogP contribution in [-0.4, -0.2) is 54.4 Å². The number of hydrogen-bond acceptors (Lipinski definition) is 3. The van der Waals surface area contributed by atoms with Crippen molar-refractivity contribution in [2.45, 2.75) is 19.4 Å². The third kappa shape index (κ3) is 8.06. The van der Waals surface area contributed by atoms with Gasteiger partial charge in [-0.3, -0.25) is 9.67 Å². The Morgan fingerprint density at radius 1 is 1.26 bits per heavy atom. The number of likely N-dealkylation sites (N-methyl/N-ethyl adjacent to an activating group) is 1. The smallest absolute Gasteiger partial charge is 0.191 e. The van der Waals surface area contributed by atoms with Crippen LogP contribution in [0.3, 0.4) is 0 Å². The van der Waals surface area contributed by atoms with Gasteiger partial charge in [0.15, 0.2) is 5.96 Å². The minimum absolute atomic E-state index is 0. The third-order valence-corrected chi connectivity index (χ3v) is 4.37. The molecule has 2 N–H and O–H groups in total. The van der Waals surface area contributed by atoms with Crippen molar-refractivity contribution in [2.24, 2.45) is 12.0 Å². The monoisotopic (exact) mass is 504 g/mol. The second-order valence-corrected chi connectivity index (χ2v) is 6.89. The van der Waals surface area contributed by atoms with Gasteiger partial charge in [-0.1, -0.05) is 23.7 Å².